The molecular formula is C88H58Cl2N12O8S3. The number of phenols is 1. The number of hydrogen-bond donors (Lipinski definition) is 2. The molecule has 0 aromatic heterocycles. The smallest absolute Gasteiger partial charge is 0.277 e. The van der Waals surface area contributed by atoms with E-state index < -0.39 is 4.92 Å². The van der Waals surface area contributed by atoms with E-state index in [1.807, 2.05) is 109 Å². The van der Waals surface area contributed by atoms with Crippen molar-refractivity contribution < 1.29 is 34.0 Å². The lowest BCUT2D eigenvalue weighted by Gasteiger charge is -2.16. The van der Waals surface area contributed by atoms with Crippen molar-refractivity contribution in [2.75, 3.05) is 81.3 Å². The molecule has 14 aromatic rings. The summed E-state index contributed by atoms with van der Waals surface area (Å²) in [4.78, 5) is 94.2. The Morgan fingerprint density at radius 3 is 1.38 bits per heavy atom. The molecule has 0 unspecified atom stereocenters. The number of nitrogens with zero attached hydrogens (tertiary/aromatic N) is 11. The maximum absolute atomic E-state index is 11.9. The van der Waals surface area contributed by atoms with Gasteiger partial charge in [-0.1, -0.05) is 170 Å². The first kappa shape index (κ1) is 74.6. The molecule has 20 nitrogen and oxygen atoms in total. The van der Waals surface area contributed by atoms with Crippen molar-refractivity contribution in [2.24, 2.45) is 0 Å². The highest BCUT2D eigenvalue weighted by Crippen LogP contribution is 2.49. The molecule has 550 valence electrons. The van der Waals surface area contributed by atoms with E-state index in [9.17, 15) is 39.2 Å². The number of alkyl halides is 1. The largest absolute Gasteiger partial charge is 0.507 e. The second kappa shape index (κ2) is 29.2. The molecule has 113 heavy (non-hydrogen) atoms. The van der Waals surface area contributed by atoms with Crippen LogP contribution < -0.4 is 40.0 Å². The summed E-state index contributed by atoms with van der Waals surface area (Å²) in [5.74, 6) is 0.0236. The van der Waals surface area contributed by atoms with Crippen molar-refractivity contribution in [3.05, 3.63) is 301 Å². The van der Waals surface area contributed by atoms with Gasteiger partial charge >= 0.3 is 0 Å². The van der Waals surface area contributed by atoms with E-state index in [0.717, 1.165) is 110 Å². The standard InChI is InChI=1S/C14H6ClN3S.C13H8ClNOS.C13H8N2O.C12H8N2O3.C12H10N2O.C12H9NO2.C12H9NS/c1-16-9-4-3-8-12-11(18(7-15)14(8)19)6-5-10(17-2)13(9)12;1-7(16)15-12-10(14)6-5-8-3-2-4-9(11(8)12)13(15)17;1-14-10-6-7-11-12-8(10)4-3-5-9(12)13(16)15(11)2;1-13-10-6-5-9(14(16)17)7-3-2-4-8(11(7)10)12(13)15;1-14-10-6-5-9(13)7-3-2-4-8(11(7)10)12(14)15;1-13-9-5-6-10(14)7-3-2-4-8(11(7)9)12(13)15;1-13-10-7-3-5-8-4-2-6-9(11(8)10)12(13)14/h3-6H,7H2;2-6H,1H3;3-7H,2H3;2-6H,1H3;2-6H,13H2,1H3;2-6,14H,1H3;2-7H,1H3. The van der Waals surface area contributed by atoms with E-state index in [2.05, 4.69) is 55.8 Å². The zero-order valence-electron chi connectivity index (χ0n) is 60.7. The van der Waals surface area contributed by atoms with Gasteiger partial charge in [0, 0.05) is 142 Å². The third-order valence-electron chi connectivity index (χ3n) is 20.9. The monoisotopic (exact) mass is 1580 g/mol. The average Bonchev–Trinajstić information content (AvgIpc) is 1.61. The van der Waals surface area contributed by atoms with Gasteiger partial charge in [-0.05, 0) is 112 Å². The Morgan fingerprint density at radius 1 is 0.434 bits per heavy atom. The van der Waals surface area contributed by atoms with Crippen LogP contribution >= 0.6 is 59.9 Å². The average molecular weight is 1580 g/mol. The number of aromatic hydroxyl groups is 1. The number of phenolic OH excluding ortho intramolecular Hbond substituents is 1. The Balaban J connectivity index is 0.000000104. The van der Waals surface area contributed by atoms with E-state index in [4.69, 9.17) is 85.3 Å². The van der Waals surface area contributed by atoms with E-state index in [-0.39, 0.29) is 47.0 Å². The van der Waals surface area contributed by atoms with E-state index in [0.29, 0.717) is 64.9 Å². The van der Waals surface area contributed by atoms with Crippen LogP contribution in [0.5, 0.6) is 5.75 Å². The van der Waals surface area contributed by atoms with E-state index in [1.165, 1.54) is 44.8 Å². The molecule has 0 radical (unpaired) electrons. The fraction of sp³-hybridized carbons (Fsp3) is 0.0795. The summed E-state index contributed by atoms with van der Waals surface area (Å²) < 4.78 is 0. The van der Waals surface area contributed by atoms with Gasteiger partial charge in [0.25, 0.3) is 29.3 Å². The molecule has 0 aliphatic carbocycles. The predicted molar refractivity (Wildman–Crippen MR) is 465 cm³/mol. The fourth-order valence-corrected chi connectivity index (χ4v) is 17.1. The molecule has 5 amide bonds. The number of carbonyl (C=O) groups is 5. The van der Waals surface area contributed by atoms with Crippen LogP contribution in [-0.2, 0) is 4.79 Å². The van der Waals surface area contributed by atoms with Crippen LogP contribution in [0.3, 0.4) is 0 Å². The predicted octanol–water partition coefficient (Wildman–Crippen LogP) is 20.6. The second-order valence-corrected chi connectivity index (χ2v) is 28.6. The molecule has 7 aliphatic heterocycles. The number of rotatable bonds is 2. The normalized spacial score (nSPS) is 13.5. The first-order valence-electron chi connectivity index (χ1n) is 34.8. The Bertz CT molecular complexity index is 6720. The van der Waals surface area contributed by atoms with Gasteiger partial charge in [-0.25, -0.2) is 14.5 Å². The van der Waals surface area contributed by atoms with Crippen molar-refractivity contribution in [1.29, 1.82) is 0 Å². The number of nitrogens with two attached hydrogens (primary N) is 1. The number of amides is 5. The van der Waals surface area contributed by atoms with Crippen LogP contribution in [0.25, 0.3) is 89.9 Å². The van der Waals surface area contributed by atoms with Crippen molar-refractivity contribution >= 4 is 248 Å². The first-order valence-corrected chi connectivity index (χ1v) is 36.9. The molecule has 14 aromatic carbocycles. The molecule has 0 fully saturated rings. The zero-order chi connectivity index (χ0) is 80.0. The van der Waals surface area contributed by atoms with Gasteiger partial charge in [0.05, 0.1) is 75.1 Å². The van der Waals surface area contributed by atoms with Crippen LogP contribution in [0.4, 0.5) is 68.2 Å². The molecule has 0 saturated heterocycles. The fourth-order valence-electron chi connectivity index (χ4n) is 15.5. The van der Waals surface area contributed by atoms with Crippen LogP contribution in [0, 0.1) is 29.8 Å². The van der Waals surface area contributed by atoms with E-state index in [1.54, 1.807) is 116 Å². The molecule has 21 rings (SSSR count). The lowest BCUT2D eigenvalue weighted by Crippen LogP contribution is -2.30. The molecule has 0 bridgehead atoms. The molecule has 0 saturated carbocycles. The summed E-state index contributed by atoms with van der Waals surface area (Å²) in [6.45, 7) is 23.1. The molecule has 7 heterocycles. The zero-order valence-corrected chi connectivity index (χ0v) is 64.7. The van der Waals surface area contributed by atoms with E-state index >= 15 is 0 Å². The molecule has 3 N–H and O–H groups in total. The van der Waals surface area contributed by atoms with Gasteiger partial charge < -0.3 is 40.2 Å². The summed E-state index contributed by atoms with van der Waals surface area (Å²) >= 11 is 28.3. The van der Waals surface area contributed by atoms with Crippen LogP contribution in [0.15, 0.2) is 212 Å². The van der Waals surface area contributed by atoms with Crippen molar-refractivity contribution in [2.45, 2.75) is 6.92 Å². The number of nitro groups is 1. The number of carbonyl (C=O) groups excluding carboxylic acids is 5. The van der Waals surface area contributed by atoms with Crippen molar-refractivity contribution in [3.8, 4) is 5.75 Å². The van der Waals surface area contributed by atoms with Gasteiger partial charge in [-0.3, -0.25) is 39.0 Å². The molecule has 25 heteroatoms. The number of halogens is 2. The van der Waals surface area contributed by atoms with Crippen LogP contribution in [-0.4, -0.2) is 95.8 Å². The highest BCUT2D eigenvalue weighted by molar-refractivity contribution is 7.81. The van der Waals surface area contributed by atoms with Crippen molar-refractivity contribution in [1.82, 2.24) is 0 Å². The number of hydrogen-bond acceptors (Lipinski definition) is 12. The SMILES string of the molecule is CC(=O)N1C(=S)c2cccc3ccc(Cl)c1c23.CN1C(=O)c2cccc3c(N)ccc1c23.CN1C(=O)c2cccc3c(O)ccc1c23.CN1C(=O)c2cccc3c([N+](=O)[O-])ccc1c23.CN1C(=S)c2cccc3cccc1c23.[C-]#[N+]c1ccc2c3c(ccc([N+]#[C-])c13)N(CCl)C2=S.[C-]#[N+]c1ccc2c3c(cccc13)C(=O)N2C. The van der Waals surface area contributed by atoms with Crippen molar-refractivity contribution in [3.63, 3.8) is 0 Å². The summed E-state index contributed by atoms with van der Waals surface area (Å²) in [5, 5.41) is 33.8. The summed E-state index contributed by atoms with van der Waals surface area (Å²) in [6, 6.07) is 65.0. The number of nitrogen functional groups attached to an aromatic ring is 1. The van der Waals surface area contributed by atoms with Gasteiger partial charge in [-0.15, -0.1) is 11.6 Å². The third-order valence-corrected chi connectivity index (χ3v) is 22.8. The summed E-state index contributed by atoms with van der Waals surface area (Å²) in [5.41, 5.74) is 20.1. The number of nitro benzene ring substituents is 1. The van der Waals surface area contributed by atoms with Gasteiger partial charge in [-0.2, -0.15) is 0 Å². The number of thiocarbonyl (C=S) groups is 3. The van der Waals surface area contributed by atoms with Crippen LogP contribution in [0.2, 0.25) is 5.02 Å². The lowest BCUT2D eigenvalue weighted by atomic mass is 10.0. The molecule has 7 aliphatic rings. The Kier molecular flexibility index (Phi) is 19.3. The Morgan fingerprint density at radius 2 is 0.841 bits per heavy atom. The van der Waals surface area contributed by atoms with Crippen LogP contribution in [0.1, 0.15) is 65.0 Å². The summed E-state index contributed by atoms with van der Waals surface area (Å²) in [6.07, 6.45) is 0. The van der Waals surface area contributed by atoms with Gasteiger partial charge in [0.2, 0.25) is 5.91 Å². The minimum absolute atomic E-state index is 0.00253. The number of benzene rings is 14. The quantitative estimate of drug-likeness (QED) is 0.0314. The topological polar surface area (TPSA) is 211 Å². The molecule has 0 spiro atoms. The maximum atomic E-state index is 11.9. The third kappa shape index (κ3) is 12.0. The Hall–Kier alpha value is -13.8. The minimum Gasteiger partial charge on any atom is -0.507 e. The lowest BCUT2D eigenvalue weighted by molar-refractivity contribution is -0.383. The molecular weight excluding hydrogens is 1520 g/mol. The maximum Gasteiger partial charge on any atom is 0.277 e. The number of anilines is 8. The molecule has 0 atom stereocenters. The summed E-state index contributed by atoms with van der Waals surface area (Å²) in [7, 11) is 8.98. The Labute approximate surface area is 672 Å². The first-order chi connectivity index (χ1) is 54.4. The van der Waals surface area contributed by atoms with Gasteiger partial charge in [0.1, 0.15) is 20.7 Å². The van der Waals surface area contributed by atoms with Gasteiger partial charge in [0.15, 0.2) is 17.1 Å². The minimum atomic E-state index is -0.425. The highest BCUT2D eigenvalue weighted by Gasteiger charge is 2.35. The second-order valence-electron chi connectivity index (χ2n) is 26.8. The number of non-ortho nitro benzene ring substituents is 1. The highest BCUT2D eigenvalue weighted by atomic mass is 35.5.